The lowest BCUT2D eigenvalue weighted by Gasteiger charge is -2.34. The van der Waals surface area contributed by atoms with Gasteiger partial charge in [0, 0.05) is 32.2 Å². The molecule has 0 bridgehead atoms. The van der Waals surface area contributed by atoms with Crippen LogP contribution in [0.15, 0.2) is 70.1 Å². The fourth-order valence-electron chi connectivity index (χ4n) is 4.22. The molecule has 0 saturated carbocycles. The average molecular weight is 516 g/mol. The van der Waals surface area contributed by atoms with Crippen molar-refractivity contribution in [2.45, 2.75) is 26.5 Å². The maximum Gasteiger partial charge on any atom is 0.315 e. The zero-order valence-corrected chi connectivity index (χ0v) is 21.2. The van der Waals surface area contributed by atoms with Gasteiger partial charge in [0.1, 0.15) is 25.1 Å². The zero-order valence-electron chi connectivity index (χ0n) is 21.2. The Labute approximate surface area is 220 Å². The molecule has 196 valence electrons. The van der Waals surface area contributed by atoms with Crippen molar-refractivity contribution in [1.82, 2.24) is 9.80 Å². The molecule has 3 aromatic rings. The summed E-state index contributed by atoms with van der Waals surface area (Å²) in [4.78, 5) is 40.1. The molecule has 0 N–H and O–H groups in total. The number of nitriles is 1. The topological polar surface area (TPSA) is 113 Å². The minimum absolute atomic E-state index is 0.127. The highest BCUT2D eigenvalue weighted by Gasteiger charge is 2.23. The third-order valence-corrected chi connectivity index (χ3v) is 6.26. The van der Waals surface area contributed by atoms with Crippen LogP contribution in [0, 0.1) is 11.3 Å². The third-order valence-electron chi connectivity index (χ3n) is 6.26. The van der Waals surface area contributed by atoms with Crippen LogP contribution in [0.2, 0.25) is 0 Å². The first-order chi connectivity index (χ1) is 18.5. The van der Waals surface area contributed by atoms with Crippen molar-refractivity contribution in [3.63, 3.8) is 0 Å². The summed E-state index contributed by atoms with van der Waals surface area (Å²) in [7, 11) is 0. The van der Waals surface area contributed by atoms with Crippen molar-refractivity contribution in [1.29, 1.82) is 5.26 Å². The number of carbonyl (C=O) groups is 2. The molecular weight excluding hydrogens is 486 g/mol. The number of rotatable bonds is 9. The van der Waals surface area contributed by atoms with Crippen LogP contribution in [0.3, 0.4) is 0 Å². The fraction of sp³-hybridized carbons (Fsp3) is 0.310. The van der Waals surface area contributed by atoms with Crippen LogP contribution in [0.1, 0.15) is 30.2 Å². The van der Waals surface area contributed by atoms with Gasteiger partial charge in [0.05, 0.1) is 24.8 Å². The minimum atomic E-state index is -0.512. The molecule has 1 amide bonds. The van der Waals surface area contributed by atoms with Crippen molar-refractivity contribution in [3.05, 3.63) is 88.0 Å². The number of piperazine rings is 1. The Morgan fingerprint density at radius 3 is 2.47 bits per heavy atom. The van der Waals surface area contributed by atoms with Gasteiger partial charge in [-0.25, -0.2) is 0 Å². The number of esters is 1. The predicted molar refractivity (Wildman–Crippen MR) is 139 cm³/mol. The molecule has 1 aliphatic rings. The van der Waals surface area contributed by atoms with E-state index in [0.29, 0.717) is 44.0 Å². The van der Waals surface area contributed by atoms with Gasteiger partial charge >= 0.3 is 5.97 Å². The third kappa shape index (κ3) is 6.87. The molecule has 38 heavy (non-hydrogen) atoms. The largest absolute Gasteiger partial charge is 0.482 e. The first-order valence-electron chi connectivity index (χ1n) is 12.5. The summed E-state index contributed by atoms with van der Waals surface area (Å²) in [6.07, 6.45) is 1.08. The number of carbonyl (C=O) groups excluding carboxylic acids is 2. The molecule has 0 radical (unpaired) electrons. The van der Waals surface area contributed by atoms with Crippen LogP contribution in [0.25, 0.3) is 11.1 Å². The SMILES string of the molecule is CCOC(=O)CC(=O)N1CCN(Cc2cc(=O)c(OCc3ccc(-c4ccccc4C#N)cc3)co2)CC1. The summed E-state index contributed by atoms with van der Waals surface area (Å²) < 4.78 is 16.2. The lowest BCUT2D eigenvalue weighted by molar-refractivity contribution is -0.149. The summed E-state index contributed by atoms with van der Waals surface area (Å²) in [5, 5.41) is 9.31. The molecule has 4 rings (SSSR count). The van der Waals surface area contributed by atoms with Crippen molar-refractivity contribution in [3.8, 4) is 22.9 Å². The predicted octanol–water partition coefficient (Wildman–Crippen LogP) is 3.35. The van der Waals surface area contributed by atoms with Gasteiger partial charge in [-0.2, -0.15) is 5.26 Å². The number of benzene rings is 2. The van der Waals surface area contributed by atoms with Crippen LogP contribution >= 0.6 is 0 Å². The van der Waals surface area contributed by atoms with E-state index in [0.717, 1.165) is 16.7 Å². The van der Waals surface area contributed by atoms with E-state index in [9.17, 15) is 19.6 Å². The zero-order chi connectivity index (χ0) is 26.9. The van der Waals surface area contributed by atoms with Crippen LogP contribution < -0.4 is 10.2 Å². The first-order valence-corrected chi connectivity index (χ1v) is 12.5. The minimum Gasteiger partial charge on any atom is -0.482 e. The van der Waals surface area contributed by atoms with Gasteiger partial charge in [0.15, 0.2) is 0 Å². The summed E-state index contributed by atoms with van der Waals surface area (Å²) in [6.45, 7) is 4.77. The summed E-state index contributed by atoms with van der Waals surface area (Å²) in [5.41, 5.74) is 3.01. The second-order valence-corrected chi connectivity index (χ2v) is 8.86. The van der Waals surface area contributed by atoms with E-state index in [2.05, 4.69) is 11.0 Å². The van der Waals surface area contributed by atoms with E-state index in [4.69, 9.17) is 13.9 Å². The van der Waals surface area contributed by atoms with E-state index in [-0.39, 0.29) is 36.7 Å². The first kappa shape index (κ1) is 26.6. The van der Waals surface area contributed by atoms with Gasteiger partial charge in [-0.1, -0.05) is 42.5 Å². The van der Waals surface area contributed by atoms with E-state index < -0.39 is 5.97 Å². The molecule has 2 heterocycles. The van der Waals surface area contributed by atoms with Gasteiger partial charge in [0.25, 0.3) is 0 Å². The molecule has 1 aromatic heterocycles. The monoisotopic (exact) mass is 515 g/mol. The Kier molecular flexibility index (Phi) is 8.90. The van der Waals surface area contributed by atoms with Crippen molar-refractivity contribution < 1.29 is 23.5 Å². The molecule has 0 unspecified atom stereocenters. The molecule has 0 spiro atoms. The Hall–Kier alpha value is -4.42. The highest BCUT2D eigenvalue weighted by Crippen LogP contribution is 2.24. The van der Waals surface area contributed by atoms with E-state index in [1.54, 1.807) is 17.9 Å². The van der Waals surface area contributed by atoms with Gasteiger partial charge < -0.3 is 18.8 Å². The average Bonchev–Trinajstić information content (AvgIpc) is 2.93. The number of hydrogen-bond donors (Lipinski definition) is 0. The maximum atomic E-state index is 12.6. The smallest absolute Gasteiger partial charge is 0.315 e. The number of hydrogen-bond acceptors (Lipinski definition) is 8. The normalized spacial score (nSPS) is 13.5. The van der Waals surface area contributed by atoms with Gasteiger partial charge in [-0.15, -0.1) is 0 Å². The van der Waals surface area contributed by atoms with Crippen LogP contribution in [-0.2, 0) is 27.5 Å². The fourth-order valence-corrected chi connectivity index (χ4v) is 4.22. The maximum absolute atomic E-state index is 12.6. The number of ether oxygens (including phenoxy) is 2. The summed E-state index contributed by atoms with van der Waals surface area (Å²) >= 11 is 0. The summed E-state index contributed by atoms with van der Waals surface area (Å²) in [6, 6.07) is 18.7. The molecule has 9 heteroatoms. The van der Waals surface area contributed by atoms with Crippen molar-refractivity contribution >= 4 is 11.9 Å². The molecular formula is C29H29N3O6. The number of nitrogens with zero attached hydrogens (tertiary/aromatic N) is 3. The standard InChI is InChI=1S/C29H29N3O6/c1-2-36-29(35)16-28(34)32-13-11-31(12-14-32)18-24-15-26(33)27(20-37-24)38-19-21-7-9-22(10-8-21)25-6-4-3-5-23(25)17-30/h3-10,15,20H,2,11-14,16,18-19H2,1H3. The van der Waals surface area contributed by atoms with Crippen LogP contribution in [0.5, 0.6) is 5.75 Å². The second-order valence-electron chi connectivity index (χ2n) is 8.86. The highest BCUT2D eigenvalue weighted by molar-refractivity contribution is 5.94. The van der Waals surface area contributed by atoms with E-state index >= 15 is 0 Å². The highest BCUT2D eigenvalue weighted by atomic mass is 16.5. The number of amides is 1. The van der Waals surface area contributed by atoms with Gasteiger partial charge in [-0.3, -0.25) is 19.3 Å². The molecule has 0 atom stereocenters. The Bertz CT molecular complexity index is 1370. The quantitative estimate of drug-likeness (QED) is 0.315. The molecule has 1 fully saturated rings. The molecule has 0 aliphatic carbocycles. The lowest BCUT2D eigenvalue weighted by Crippen LogP contribution is -2.48. The van der Waals surface area contributed by atoms with Gasteiger partial charge in [-0.05, 0) is 29.7 Å². The molecule has 1 saturated heterocycles. The lowest BCUT2D eigenvalue weighted by atomic mass is 9.99. The van der Waals surface area contributed by atoms with Gasteiger partial charge in [0.2, 0.25) is 17.1 Å². The molecule has 1 aliphatic heterocycles. The molecule has 2 aromatic carbocycles. The van der Waals surface area contributed by atoms with E-state index in [1.807, 2.05) is 42.5 Å². The van der Waals surface area contributed by atoms with Crippen LogP contribution in [0.4, 0.5) is 0 Å². The van der Waals surface area contributed by atoms with E-state index in [1.165, 1.54) is 12.3 Å². The Morgan fingerprint density at radius 2 is 1.79 bits per heavy atom. The Balaban J connectivity index is 1.27. The second kappa shape index (κ2) is 12.7. The van der Waals surface area contributed by atoms with Crippen molar-refractivity contribution in [2.24, 2.45) is 0 Å². The molecule has 9 nitrogen and oxygen atoms in total. The Morgan fingerprint density at radius 1 is 1.05 bits per heavy atom. The van der Waals surface area contributed by atoms with Crippen molar-refractivity contribution in [2.75, 3.05) is 32.8 Å². The van der Waals surface area contributed by atoms with Crippen LogP contribution in [-0.4, -0.2) is 54.5 Å². The summed E-state index contributed by atoms with van der Waals surface area (Å²) in [5.74, 6) is -0.114.